The number of imide groups is 1. The van der Waals surface area contributed by atoms with Crippen LogP contribution in [0.3, 0.4) is 0 Å². The fraction of sp³-hybridized carbons (Fsp3) is 0.370. The van der Waals surface area contributed by atoms with Crippen molar-refractivity contribution in [2.24, 2.45) is 35.5 Å². The van der Waals surface area contributed by atoms with Crippen molar-refractivity contribution in [2.75, 3.05) is 0 Å². The summed E-state index contributed by atoms with van der Waals surface area (Å²) in [5.74, 6) is 0.236. The molecule has 0 radical (unpaired) electrons. The molecule has 0 spiro atoms. The number of likely N-dealkylation sites (tertiary alicyclic amines) is 1. The van der Waals surface area contributed by atoms with Gasteiger partial charge in [-0.1, -0.05) is 72.8 Å². The molecule has 1 heterocycles. The normalized spacial score (nSPS) is 32.4. The molecule has 2 aromatic rings. The molecule has 5 heteroatoms. The number of rotatable bonds is 6. The van der Waals surface area contributed by atoms with Gasteiger partial charge in [-0.3, -0.25) is 19.3 Å². The van der Waals surface area contributed by atoms with Crippen molar-refractivity contribution in [3.05, 3.63) is 83.9 Å². The van der Waals surface area contributed by atoms with Gasteiger partial charge in [-0.05, 0) is 41.2 Å². The highest BCUT2D eigenvalue weighted by Crippen LogP contribution is 2.65. The zero-order valence-corrected chi connectivity index (χ0v) is 17.8. The van der Waals surface area contributed by atoms with Crippen LogP contribution in [0.1, 0.15) is 17.5 Å². The van der Waals surface area contributed by atoms with Crippen molar-refractivity contribution in [2.45, 2.75) is 25.4 Å². The van der Waals surface area contributed by atoms with E-state index in [1.54, 1.807) is 0 Å². The van der Waals surface area contributed by atoms with Gasteiger partial charge in [0.2, 0.25) is 17.7 Å². The van der Waals surface area contributed by atoms with Gasteiger partial charge in [-0.25, -0.2) is 0 Å². The van der Waals surface area contributed by atoms with Gasteiger partial charge in [0.25, 0.3) is 0 Å². The Bertz CT molecular complexity index is 1060. The second-order valence-electron chi connectivity index (χ2n) is 9.61. The van der Waals surface area contributed by atoms with E-state index in [0.717, 1.165) is 17.5 Å². The average molecular weight is 427 g/mol. The van der Waals surface area contributed by atoms with Crippen LogP contribution in [-0.2, 0) is 27.3 Å². The average Bonchev–Trinajstić information content (AvgIpc) is 3.61. The number of carbonyl (C=O) groups excluding carboxylic acids is 3. The summed E-state index contributed by atoms with van der Waals surface area (Å²) < 4.78 is 0. The summed E-state index contributed by atoms with van der Waals surface area (Å²) in [6.07, 6.45) is 5.78. The first kappa shape index (κ1) is 19.5. The quantitative estimate of drug-likeness (QED) is 0.571. The Labute approximate surface area is 187 Å². The lowest BCUT2D eigenvalue weighted by atomic mass is 9.63. The summed E-state index contributed by atoms with van der Waals surface area (Å²) in [5.41, 5.74) is 1.92. The second kappa shape index (κ2) is 7.44. The van der Waals surface area contributed by atoms with Gasteiger partial charge in [-0.2, -0.15) is 0 Å². The Morgan fingerprint density at radius 3 is 1.94 bits per heavy atom. The van der Waals surface area contributed by atoms with E-state index in [2.05, 4.69) is 17.5 Å². The molecule has 4 aliphatic carbocycles. The zero-order chi connectivity index (χ0) is 21.8. The first-order valence-electron chi connectivity index (χ1n) is 11.5. The van der Waals surface area contributed by atoms with Gasteiger partial charge < -0.3 is 5.32 Å². The van der Waals surface area contributed by atoms with Crippen LogP contribution in [0.15, 0.2) is 72.8 Å². The summed E-state index contributed by atoms with van der Waals surface area (Å²) >= 11 is 0. The molecule has 2 aromatic carbocycles. The van der Waals surface area contributed by atoms with Crippen LogP contribution in [0.4, 0.5) is 0 Å². The van der Waals surface area contributed by atoms with Gasteiger partial charge in [0.1, 0.15) is 6.04 Å². The highest BCUT2D eigenvalue weighted by molar-refractivity contribution is 6.09. The Kier molecular flexibility index (Phi) is 4.53. The van der Waals surface area contributed by atoms with Crippen molar-refractivity contribution in [3.63, 3.8) is 0 Å². The van der Waals surface area contributed by atoms with Gasteiger partial charge in [0.05, 0.1) is 11.8 Å². The predicted molar refractivity (Wildman–Crippen MR) is 119 cm³/mol. The van der Waals surface area contributed by atoms with E-state index in [-0.39, 0.29) is 41.4 Å². The minimum absolute atomic E-state index is 0.152. The van der Waals surface area contributed by atoms with Crippen LogP contribution < -0.4 is 5.32 Å². The number of hydrogen-bond acceptors (Lipinski definition) is 3. The van der Waals surface area contributed by atoms with Crippen LogP contribution in [0, 0.1) is 35.5 Å². The smallest absolute Gasteiger partial charge is 0.243 e. The van der Waals surface area contributed by atoms with Crippen LogP contribution in [-0.4, -0.2) is 28.7 Å². The third-order valence-electron chi connectivity index (χ3n) is 7.89. The Morgan fingerprint density at radius 2 is 1.38 bits per heavy atom. The number of amides is 3. The lowest BCUT2D eigenvalue weighted by Crippen LogP contribution is -2.51. The molecule has 3 fully saturated rings. The maximum atomic E-state index is 13.6. The Balaban J connectivity index is 1.29. The molecular weight excluding hydrogens is 400 g/mol. The van der Waals surface area contributed by atoms with Crippen LogP contribution in [0.25, 0.3) is 0 Å². The number of allylic oxidation sites excluding steroid dienone is 2. The van der Waals surface area contributed by atoms with E-state index in [1.807, 2.05) is 60.7 Å². The molecule has 7 rings (SSSR count). The third kappa shape index (κ3) is 3.02. The molecule has 0 aromatic heterocycles. The summed E-state index contributed by atoms with van der Waals surface area (Å²) in [5, 5.41) is 2.97. The lowest BCUT2D eigenvalue weighted by Gasteiger charge is -2.37. The largest absolute Gasteiger partial charge is 0.350 e. The van der Waals surface area contributed by atoms with Crippen LogP contribution >= 0.6 is 0 Å². The SMILES string of the molecule is O=C(NCc1ccccc1)[C@@H](Cc1ccccc1)N1C(=O)[C@H]2[C@@H]3C=C[C@H]([C@H]4C[C@H]34)[C@@H]2C1=O. The number of benzene rings is 2. The van der Waals surface area contributed by atoms with Gasteiger partial charge in [-0.15, -0.1) is 0 Å². The molecule has 5 aliphatic rings. The van der Waals surface area contributed by atoms with E-state index < -0.39 is 6.04 Å². The molecule has 3 amide bonds. The molecule has 5 nitrogen and oxygen atoms in total. The number of nitrogens with one attached hydrogen (secondary N) is 1. The van der Waals surface area contributed by atoms with Gasteiger partial charge in [0, 0.05) is 13.0 Å². The first-order valence-corrected chi connectivity index (χ1v) is 11.5. The van der Waals surface area contributed by atoms with Crippen molar-refractivity contribution in [1.82, 2.24) is 10.2 Å². The van der Waals surface area contributed by atoms with E-state index >= 15 is 0 Å². The molecule has 7 atom stereocenters. The van der Waals surface area contributed by atoms with E-state index in [4.69, 9.17) is 0 Å². The van der Waals surface area contributed by atoms with Crippen molar-refractivity contribution >= 4 is 17.7 Å². The minimum atomic E-state index is -0.831. The molecule has 2 bridgehead atoms. The molecule has 32 heavy (non-hydrogen) atoms. The fourth-order valence-electron chi connectivity index (χ4n) is 6.33. The highest BCUT2D eigenvalue weighted by Gasteiger charge is 2.67. The Hall–Kier alpha value is -3.21. The summed E-state index contributed by atoms with van der Waals surface area (Å²) in [6, 6.07) is 18.5. The van der Waals surface area contributed by atoms with Gasteiger partial charge >= 0.3 is 0 Å². The monoisotopic (exact) mass is 426 g/mol. The second-order valence-corrected chi connectivity index (χ2v) is 9.61. The molecule has 0 unspecified atom stereocenters. The maximum absolute atomic E-state index is 13.6. The molecule has 1 saturated heterocycles. The van der Waals surface area contributed by atoms with Crippen LogP contribution in [0.2, 0.25) is 0 Å². The van der Waals surface area contributed by atoms with E-state index in [1.165, 1.54) is 4.90 Å². The number of hydrogen-bond donors (Lipinski definition) is 1. The fourth-order valence-corrected chi connectivity index (χ4v) is 6.33. The predicted octanol–water partition coefficient (Wildman–Crippen LogP) is 2.97. The lowest BCUT2D eigenvalue weighted by molar-refractivity contribution is -0.148. The summed E-state index contributed by atoms with van der Waals surface area (Å²) in [6.45, 7) is 0.366. The molecule has 2 saturated carbocycles. The first-order chi connectivity index (χ1) is 15.6. The minimum Gasteiger partial charge on any atom is -0.350 e. The highest BCUT2D eigenvalue weighted by atomic mass is 16.2. The van der Waals surface area contributed by atoms with Gasteiger partial charge in [0.15, 0.2) is 0 Å². The van der Waals surface area contributed by atoms with Crippen molar-refractivity contribution in [3.8, 4) is 0 Å². The molecule has 1 aliphatic heterocycles. The van der Waals surface area contributed by atoms with E-state index in [9.17, 15) is 14.4 Å². The summed E-state index contributed by atoms with van der Waals surface area (Å²) in [4.78, 5) is 41.9. The van der Waals surface area contributed by atoms with E-state index in [0.29, 0.717) is 24.8 Å². The van der Waals surface area contributed by atoms with Crippen molar-refractivity contribution in [1.29, 1.82) is 0 Å². The van der Waals surface area contributed by atoms with Crippen LogP contribution in [0.5, 0.6) is 0 Å². The maximum Gasteiger partial charge on any atom is 0.243 e. The topological polar surface area (TPSA) is 66.5 Å². The molecular formula is C27H26N2O3. The third-order valence-corrected chi connectivity index (χ3v) is 7.89. The van der Waals surface area contributed by atoms with Crippen molar-refractivity contribution < 1.29 is 14.4 Å². The zero-order valence-electron chi connectivity index (χ0n) is 17.8. The standard InChI is InChI=1S/C27H26N2O3/c30-25(28-15-17-9-5-2-6-10-17)22(13-16-7-3-1-4-8-16)29-26(31)23-18-11-12-19(21-14-20(18)21)24(23)27(29)32/h1-12,18-24H,13-15H2,(H,28,30)/t18-,19-,20-,21-,22-,23+,24+/m1/s1. The number of carbonyl (C=O) groups is 3. The summed E-state index contributed by atoms with van der Waals surface area (Å²) in [7, 11) is 0. The number of nitrogens with zero attached hydrogens (tertiary/aromatic N) is 1. The molecule has 1 N–H and O–H groups in total. The molecule has 162 valence electrons. The Morgan fingerprint density at radius 1 is 0.844 bits per heavy atom.